The van der Waals surface area contributed by atoms with E-state index in [4.69, 9.17) is 21.3 Å². The molecule has 238 valence electrons. The first-order valence-electron chi connectivity index (χ1n) is 15.4. The molecule has 0 N–H and O–H groups in total. The summed E-state index contributed by atoms with van der Waals surface area (Å²) in [4.78, 5) is 33.1. The maximum absolute atomic E-state index is 14.5. The maximum Gasteiger partial charge on any atom is 0.338 e. The zero-order valence-corrected chi connectivity index (χ0v) is 29.2. The molecule has 4 aromatic carbocycles. The first-order valence-corrected chi connectivity index (χ1v) is 17.4. The fourth-order valence-corrected chi connectivity index (χ4v) is 7.53. The lowest BCUT2D eigenvalue weighted by atomic mass is 9.96. The number of thiazole rings is 1. The Morgan fingerprint density at radius 1 is 0.938 bits per heavy atom. The highest BCUT2D eigenvalue weighted by molar-refractivity contribution is 9.10. The van der Waals surface area contributed by atoms with Gasteiger partial charge in [-0.2, -0.15) is 0 Å². The van der Waals surface area contributed by atoms with Gasteiger partial charge in [0.1, 0.15) is 0 Å². The highest BCUT2D eigenvalue weighted by atomic mass is 79.9. The van der Waals surface area contributed by atoms with Gasteiger partial charge >= 0.3 is 5.97 Å². The first kappa shape index (κ1) is 31.8. The quantitative estimate of drug-likeness (QED) is 0.155. The molecule has 9 heteroatoms. The molecule has 0 amide bonds. The molecule has 0 saturated carbocycles. The molecule has 0 radical (unpaired) electrons. The molecule has 7 rings (SSSR count). The molecule has 0 spiro atoms. The van der Waals surface area contributed by atoms with Crippen LogP contribution < -0.4 is 14.9 Å². The number of rotatable bonds is 7. The van der Waals surface area contributed by atoms with Crippen molar-refractivity contribution < 1.29 is 9.53 Å². The number of carbonyl (C=O) groups excluding carboxylic acids is 1. The van der Waals surface area contributed by atoms with E-state index in [0.29, 0.717) is 25.6 Å². The minimum atomic E-state index is -0.722. The molecule has 0 bridgehead atoms. The van der Waals surface area contributed by atoms with Crippen molar-refractivity contribution in [2.24, 2.45) is 4.99 Å². The van der Waals surface area contributed by atoms with Crippen LogP contribution in [0.1, 0.15) is 31.0 Å². The summed E-state index contributed by atoms with van der Waals surface area (Å²) in [5, 5.41) is 0.558. The fraction of sp³-hybridized carbons (Fsp3) is 0.103. The second-order valence-electron chi connectivity index (χ2n) is 11.2. The van der Waals surface area contributed by atoms with E-state index < -0.39 is 12.0 Å². The first-order chi connectivity index (χ1) is 23.3. The van der Waals surface area contributed by atoms with Crippen LogP contribution in [0.15, 0.2) is 141 Å². The van der Waals surface area contributed by atoms with Gasteiger partial charge in [0, 0.05) is 20.7 Å². The SMILES string of the molecule is CCOC(=O)C1=C(C)N=c2s/c(=C\c3cc(-c4ccccc4)n(-c4ccc(Br)cc4)c3-c3ccccc3)c(=O)n2[C@H]1c1ccc(Cl)cc1. The number of allylic oxidation sites excluding steroid dienone is 1. The molecule has 1 aliphatic heterocycles. The smallest absolute Gasteiger partial charge is 0.338 e. The lowest BCUT2D eigenvalue weighted by Crippen LogP contribution is -2.39. The lowest BCUT2D eigenvalue weighted by molar-refractivity contribution is -0.139. The minimum absolute atomic E-state index is 0.203. The maximum atomic E-state index is 14.5. The van der Waals surface area contributed by atoms with Gasteiger partial charge in [-0.25, -0.2) is 9.79 Å². The van der Waals surface area contributed by atoms with Crippen molar-refractivity contribution in [2.45, 2.75) is 19.9 Å². The molecule has 0 fully saturated rings. The number of carbonyl (C=O) groups is 1. The Bertz CT molecular complexity index is 2360. The number of fused-ring (bicyclic) bond motifs is 1. The second-order valence-corrected chi connectivity index (χ2v) is 13.6. The van der Waals surface area contributed by atoms with E-state index in [1.165, 1.54) is 11.3 Å². The summed E-state index contributed by atoms with van der Waals surface area (Å²) in [6.07, 6.45) is 1.94. The predicted octanol–water partition coefficient (Wildman–Crippen LogP) is 8.34. The molecule has 3 heterocycles. The fourth-order valence-electron chi connectivity index (χ4n) is 6.10. The number of nitrogens with zero attached hydrogens (tertiary/aromatic N) is 3. The molecule has 0 unspecified atom stereocenters. The number of ether oxygens (including phenoxy) is 1. The van der Waals surface area contributed by atoms with Gasteiger partial charge in [-0.15, -0.1) is 0 Å². The van der Waals surface area contributed by atoms with Crippen LogP contribution in [0.2, 0.25) is 5.02 Å². The van der Waals surface area contributed by atoms with Gasteiger partial charge in [0.05, 0.1) is 39.8 Å². The predicted molar refractivity (Wildman–Crippen MR) is 196 cm³/mol. The number of hydrogen-bond donors (Lipinski definition) is 0. The molecule has 0 aliphatic carbocycles. The van der Waals surface area contributed by atoms with Gasteiger partial charge in [-0.3, -0.25) is 9.36 Å². The number of halogens is 2. The number of benzene rings is 4. The molecule has 1 aliphatic rings. The molecule has 1 atom stereocenters. The third-order valence-electron chi connectivity index (χ3n) is 8.22. The van der Waals surface area contributed by atoms with Gasteiger partial charge < -0.3 is 9.30 Å². The van der Waals surface area contributed by atoms with Gasteiger partial charge in [0.2, 0.25) is 0 Å². The average Bonchev–Trinajstić information content (AvgIpc) is 3.62. The Balaban J connectivity index is 1.51. The van der Waals surface area contributed by atoms with Crippen molar-refractivity contribution in [2.75, 3.05) is 6.61 Å². The van der Waals surface area contributed by atoms with Crippen LogP contribution in [0.3, 0.4) is 0 Å². The molecule has 48 heavy (non-hydrogen) atoms. The third kappa shape index (κ3) is 5.92. The van der Waals surface area contributed by atoms with Crippen LogP contribution in [-0.2, 0) is 9.53 Å². The Labute approximate surface area is 294 Å². The summed E-state index contributed by atoms with van der Waals surface area (Å²) in [7, 11) is 0. The summed E-state index contributed by atoms with van der Waals surface area (Å²) in [5.41, 5.74) is 7.15. The zero-order valence-electron chi connectivity index (χ0n) is 26.1. The van der Waals surface area contributed by atoms with Crippen molar-refractivity contribution in [3.05, 3.63) is 167 Å². The van der Waals surface area contributed by atoms with Gasteiger partial charge in [-0.1, -0.05) is 112 Å². The Morgan fingerprint density at radius 2 is 1.58 bits per heavy atom. The Hall–Kier alpha value is -4.76. The number of esters is 1. The van der Waals surface area contributed by atoms with Crippen molar-refractivity contribution in [1.29, 1.82) is 0 Å². The standard InChI is InChI=1S/C39H29BrClN3O3S/c1-3-47-38(46)34-24(2)42-39-44(36(34)27-14-18-30(41)19-15-27)37(45)33(48-39)23-28-22-32(25-10-6-4-7-11-25)43(31-20-16-29(40)17-21-31)35(28)26-12-8-5-9-13-26/h4-23,36H,3H2,1-2H3/b33-23-/t36-/m0/s1. The summed E-state index contributed by atoms with van der Waals surface area (Å²) >= 11 is 11.1. The van der Waals surface area contributed by atoms with E-state index in [2.05, 4.69) is 63.0 Å². The molecule has 6 nitrogen and oxygen atoms in total. The molecular formula is C39H29BrClN3O3S. The third-order valence-corrected chi connectivity index (χ3v) is 9.98. The summed E-state index contributed by atoms with van der Waals surface area (Å²) in [5.74, 6) is -0.501. The minimum Gasteiger partial charge on any atom is -0.463 e. The highest BCUT2D eigenvalue weighted by Crippen LogP contribution is 2.37. The van der Waals surface area contributed by atoms with Crippen molar-refractivity contribution in [3.8, 4) is 28.2 Å². The second kappa shape index (κ2) is 13.4. The molecule has 2 aromatic heterocycles. The van der Waals surface area contributed by atoms with Crippen LogP contribution in [0.4, 0.5) is 0 Å². The van der Waals surface area contributed by atoms with E-state index in [-0.39, 0.29) is 12.2 Å². The van der Waals surface area contributed by atoms with Crippen molar-refractivity contribution in [3.63, 3.8) is 0 Å². The van der Waals surface area contributed by atoms with Gasteiger partial charge in [-0.05, 0) is 79.1 Å². The average molecular weight is 735 g/mol. The largest absolute Gasteiger partial charge is 0.463 e. The van der Waals surface area contributed by atoms with E-state index in [1.807, 2.05) is 66.7 Å². The van der Waals surface area contributed by atoms with Crippen molar-refractivity contribution in [1.82, 2.24) is 9.13 Å². The number of hydrogen-bond acceptors (Lipinski definition) is 5. The Kier molecular flexibility index (Phi) is 8.88. The van der Waals surface area contributed by atoms with E-state index in [0.717, 1.165) is 43.8 Å². The van der Waals surface area contributed by atoms with Crippen LogP contribution >= 0.6 is 38.9 Å². The van der Waals surface area contributed by atoms with Gasteiger partial charge in [0.15, 0.2) is 4.80 Å². The van der Waals surface area contributed by atoms with Gasteiger partial charge in [0.25, 0.3) is 5.56 Å². The van der Waals surface area contributed by atoms with Crippen molar-refractivity contribution >= 4 is 50.9 Å². The summed E-state index contributed by atoms with van der Waals surface area (Å²) in [6, 6.07) is 37.2. The van der Waals surface area contributed by atoms with Crippen LogP contribution in [0, 0.1) is 0 Å². The summed E-state index contributed by atoms with van der Waals surface area (Å²) in [6.45, 7) is 3.74. The topological polar surface area (TPSA) is 65.6 Å². The zero-order chi connectivity index (χ0) is 33.4. The van der Waals surface area contributed by atoms with Crippen LogP contribution in [0.25, 0.3) is 34.3 Å². The molecule has 6 aromatic rings. The molecular weight excluding hydrogens is 706 g/mol. The number of aromatic nitrogens is 2. The normalized spacial score (nSPS) is 14.5. The highest BCUT2D eigenvalue weighted by Gasteiger charge is 2.33. The molecule has 0 saturated heterocycles. The Morgan fingerprint density at radius 3 is 2.23 bits per heavy atom. The van der Waals surface area contributed by atoms with Crippen LogP contribution in [0.5, 0.6) is 0 Å². The van der Waals surface area contributed by atoms with Crippen LogP contribution in [-0.4, -0.2) is 21.7 Å². The van der Waals surface area contributed by atoms with E-state index >= 15 is 0 Å². The monoisotopic (exact) mass is 733 g/mol. The lowest BCUT2D eigenvalue weighted by Gasteiger charge is -2.24. The summed E-state index contributed by atoms with van der Waals surface area (Å²) < 4.78 is 10.8. The van der Waals surface area contributed by atoms with E-state index in [9.17, 15) is 9.59 Å². The van der Waals surface area contributed by atoms with E-state index in [1.54, 1.807) is 30.5 Å².